The first-order chi connectivity index (χ1) is 17.9. The Morgan fingerprint density at radius 3 is 2.11 bits per heavy atom. The Labute approximate surface area is 242 Å². The monoisotopic (exact) mass is 615 g/mol. The molecule has 12 heteroatoms. The van der Waals surface area contributed by atoms with Crippen molar-refractivity contribution in [3.63, 3.8) is 0 Å². The Morgan fingerprint density at radius 2 is 1.53 bits per heavy atom. The van der Waals surface area contributed by atoms with Crippen LogP contribution in [0.25, 0.3) is 0 Å². The van der Waals surface area contributed by atoms with Gasteiger partial charge in [-0.25, -0.2) is 8.42 Å². The Morgan fingerprint density at radius 1 is 0.895 bits per heavy atom. The summed E-state index contributed by atoms with van der Waals surface area (Å²) >= 11 is 24.5. The molecule has 0 spiro atoms. The summed E-state index contributed by atoms with van der Waals surface area (Å²) in [5.74, 6) is -1.03. The minimum atomic E-state index is -4.23. The molecule has 202 valence electrons. The minimum Gasteiger partial charge on any atom is -0.355 e. The van der Waals surface area contributed by atoms with E-state index in [9.17, 15) is 18.0 Å². The van der Waals surface area contributed by atoms with Crippen molar-refractivity contribution in [2.45, 2.75) is 31.3 Å². The van der Waals surface area contributed by atoms with E-state index in [2.05, 4.69) is 5.32 Å². The third-order valence-electron chi connectivity index (χ3n) is 5.60. The quantitative estimate of drug-likeness (QED) is 0.300. The normalized spacial score (nSPS) is 12.1. The molecule has 1 atom stereocenters. The SMILES string of the molecule is CCNC(=O)[C@H](C)N(Cc1ccc(Cl)c(Cl)c1)C(=O)CN(c1cc(Cl)cc(Cl)c1)S(=O)(=O)c1ccccc1. The maximum atomic E-state index is 13.8. The van der Waals surface area contributed by atoms with Crippen LogP contribution in [-0.2, 0) is 26.2 Å². The molecule has 0 heterocycles. The Balaban J connectivity index is 2.06. The van der Waals surface area contributed by atoms with Gasteiger partial charge in [-0.2, -0.15) is 0 Å². The van der Waals surface area contributed by atoms with Crippen molar-refractivity contribution in [3.8, 4) is 0 Å². The molecule has 38 heavy (non-hydrogen) atoms. The van der Waals surface area contributed by atoms with Crippen LogP contribution in [0.15, 0.2) is 71.6 Å². The zero-order valence-corrected chi connectivity index (χ0v) is 24.3. The van der Waals surface area contributed by atoms with E-state index in [-0.39, 0.29) is 32.2 Å². The summed E-state index contributed by atoms with van der Waals surface area (Å²) in [4.78, 5) is 27.8. The van der Waals surface area contributed by atoms with E-state index < -0.39 is 34.4 Å². The van der Waals surface area contributed by atoms with Gasteiger partial charge >= 0.3 is 0 Å². The van der Waals surface area contributed by atoms with Crippen LogP contribution >= 0.6 is 46.4 Å². The van der Waals surface area contributed by atoms with E-state index >= 15 is 0 Å². The van der Waals surface area contributed by atoms with Gasteiger partial charge in [0.05, 0.1) is 20.6 Å². The van der Waals surface area contributed by atoms with E-state index in [1.165, 1.54) is 35.2 Å². The fourth-order valence-corrected chi connectivity index (χ4v) is 5.93. The average Bonchev–Trinajstić information content (AvgIpc) is 2.87. The molecule has 0 fully saturated rings. The Kier molecular flexibility index (Phi) is 10.3. The fourth-order valence-electron chi connectivity index (χ4n) is 3.67. The second-order valence-electron chi connectivity index (χ2n) is 8.29. The molecular weight excluding hydrogens is 592 g/mol. The van der Waals surface area contributed by atoms with E-state index in [0.717, 1.165) is 4.31 Å². The van der Waals surface area contributed by atoms with Gasteiger partial charge in [-0.15, -0.1) is 0 Å². The van der Waals surface area contributed by atoms with Crippen molar-refractivity contribution >= 4 is 73.9 Å². The van der Waals surface area contributed by atoms with Gasteiger partial charge < -0.3 is 10.2 Å². The lowest BCUT2D eigenvalue weighted by Gasteiger charge is -2.32. The van der Waals surface area contributed by atoms with E-state index in [1.54, 1.807) is 50.2 Å². The molecule has 0 radical (unpaired) electrons. The third kappa shape index (κ3) is 7.33. The molecular formula is C26H25Cl4N3O4S. The highest BCUT2D eigenvalue weighted by Gasteiger charge is 2.32. The van der Waals surface area contributed by atoms with Gasteiger partial charge in [-0.05, 0) is 61.9 Å². The summed E-state index contributed by atoms with van der Waals surface area (Å²) in [5.41, 5.74) is 0.701. The van der Waals surface area contributed by atoms with E-state index in [1.807, 2.05) is 0 Å². The number of hydrogen-bond acceptors (Lipinski definition) is 4. The summed E-state index contributed by atoms with van der Waals surface area (Å²) < 4.78 is 28.4. The molecule has 0 saturated carbocycles. The Hall–Kier alpha value is -2.49. The summed E-state index contributed by atoms with van der Waals surface area (Å²) in [6, 6.07) is 15.8. The molecule has 0 saturated heterocycles. The fraction of sp³-hybridized carbons (Fsp3) is 0.231. The number of nitrogens with one attached hydrogen (secondary N) is 1. The number of benzene rings is 3. The molecule has 2 amide bonds. The van der Waals surface area contributed by atoms with Crippen molar-refractivity contribution < 1.29 is 18.0 Å². The summed E-state index contributed by atoms with van der Waals surface area (Å²) in [5, 5.41) is 3.70. The molecule has 3 rings (SSSR count). The van der Waals surface area contributed by atoms with Gasteiger partial charge in [-0.3, -0.25) is 13.9 Å². The maximum Gasteiger partial charge on any atom is 0.264 e. The van der Waals surface area contributed by atoms with Crippen LogP contribution in [0.1, 0.15) is 19.4 Å². The minimum absolute atomic E-state index is 0.0243. The van der Waals surface area contributed by atoms with Crippen molar-refractivity contribution in [3.05, 3.63) is 92.4 Å². The van der Waals surface area contributed by atoms with Gasteiger partial charge in [0.1, 0.15) is 12.6 Å². The third-order valence-corrected chi connectivity index (χ3v) is 8.56. The standard InChI is InChI=1S/C26H25Cl4N3O4S/c1-3-31-26(35)17(2)32(15-18-9-10-23(29)24(30)11-18)25(34)16-33(21-13-19(27)12-20(28)14-21)38(36,37)22-7-5-4-6-8-22/h4-14,17H,3,15-16H2,1-2H3,(H,31,35)/t17-/m0/s1. The first-order valence-electron chi connectivity index (χ1n) is 11.5. The molecule has 3 aromatic rings. The number of sulfonamides is 1. The van der Waals surface area contributed by atoms with Crippen LogP contribution in [0, 0.1) is 0 Å². The second-order valence-corrected chi connectivity index (χ2v) is 11.8. The number of amides is 2. The molecule has 1 N–H and O–H groups in total. The molecule has 0 aromatic heterocycles. The first-order valence-corrected chi connectivity index (χ1v) is 14.4. The highest BCUT2D eigenvalue weighted by Crippen LogP contribution is 2.30. The molecule has 0 aliphatic carbocycles. The Bertz CT molecular complexity index is 1400. The van der Waals surface area contributed by atoms with Crippen LogP contribution in [0.3, 0.4) is 0 Å². The predicted molar refractivity (Wildman–Crippen MR) is 153 cm³/mol. The number of halogens is 4. The first kappa shape index (κ1) is 30.1. The largest absolute Gasteiger partial charge is 0.355 e. The van der Waals surface area contributed by atoms with Crippen molar-refractivity contribution in [2.75, 3.05) is 17.4 Å². The number of rotatable bonds is 10. The highest BCUT2D eigenvalue weighted by atomic mass is 35.5. The van der Waals surface area contributed by atoms with Crippen molar-refractivity contribution in [1.82, 2.24) is 10.2 Å². The van der Waals surface area contributed by atoms with Gasteiger partial charge in [0, 0.05) is 23.1 Å². The topological polar surface area (TPSA) is 86.8 Å². The number of likely N-dealkylation sites (N-methyl/N-ethyl adjacent to an activating group) is 1. The van der Waals surface area contributed by atoms with Crippen molar-refractivity contribution in [2.24, 2.45) is 0 Å². The number of nitrogens with zero attached hydrogens (tertiary/aromatic N) is 2. The number of anilines is 1. The number of hydrogen-bond donors (Lipinski definition) is 1. The summed E-state index contributed by atoms with van der Waals surface area (Å²) in [7, 11) is -4.23. The van der Waals surface area contributed by atoms with E-state index in [4.69, 9.17) is 46.4 Å². The zero-order valence-electron chi connectivity index (χ0n) is 20.5. The zero-order chi connectivity index (χ0) is 28.0. The molecule has 0 unspecified atom stereocenters. The van der Waals surface area contributed by atoms with Crippen LogP contribution < -0.4 is 9.62 Å². The van der Waals surface area contributed by atoms with Crippen LogP contribution in [0.5, 0.6) is 0 Å². The van der Waals surface area contributed by atoms with Gasteiger partial charge in [0.2, 0.25) is 11.8 Å². The van der Waals surface area contributed by atoms with E-state index in [0.29, 0.717) is 17.1 Å². The van der Waals surface area contributed by atoms with Gasteiger partial charge in [0.15, 0.2) is 0 Å². The smallest absolute Gasteiger partial charge is 0.264 e. The molecule has 7 nitrogen and oxygen atoms in total. The average molecular weight is 617 g/mol. The molecule has 0 aliphatic heterocycles. The molecule has 0 bridgehead atoms. The highest BCUT2D eigenvalue weighted by molar-refractivity contribution is 7.92. The predicted octanol–water partition coefficient (Wildman–Crippen LogP) is 6.05. The number of carbonyl (C=O) groups is 2. The van der Waals surface area contributed by atoms with Crippen LogP contribution in [0.4, 0.5) is 5.69 Å². The lowest BCUT2D eigenvalue weighted by atomic mass is 10.1. The second kappa shape index (κ2) is 13.0. The molecule has 0 aliphatic rings. The maximum absolute atomic E-state index is 13.8. The number of carbonyl (C=O) groups excluding carboxylic acids is 2. The molecule has 3 aromatic carbocycles. The van der Waals surface area contributed by atoms with Gasteiger partial charge in [0.25, 0.3) is 10.0 Å². The van der Waals surface area contributed by atoms with Crippen molar-refractivity contribution in [1.29, 1.82) is 0 Å². The summed E-state index contributed by atoms with van der Waals surface area (Å²) in [6.45, 7) is 3.02. The van der Waals surface area contributed by atoms with Gasteiger partial charge in [-0.1, -0.05) is 70.7 Å². The lowest BCUT2D eigenvalue weighted by Crippen LogP contribution is -2.51. The summed E-state index contributed by atoms with van der Waals surface area (Å²) in [6.07, 6.45) is 0. The van der Waals surface area contributed by atoms with Crippen LogP contribution in [-0.4, -0.2) is 44.3 Å². The lowest BCUT2D eigenvalue weighted by molar-refractivity contribution is -0.139. The van der Waals surface area contributed by atoms with Crippen LogP contribution in [0.2, 0.25) is 20.1 Å².